The summed E-state index contributed by atoms with van der Waals surface area (Å²) in [6.07, 6.45) is 2.20. The van der Waals surface area contributed by atoms with Crippen LogP contribution in [-0.2, 0) is 235 Å². The maximum atomic E-state index is 11.3. The minimum absolute atomic E-state index is 0. The van der Waals surface area contributed by atoms with Gasteiger partial charge in [0.15, 0.2) is 11.6 Å². The first-order valence-corrected chi connectivity index (χ1v) is 18.7. The van der Waals surface area contributed by atoms with Crippen LogP contribution < -0.4 is 0 Å². The van der Waals surface area contributed by atoms with Crippen molar-refractivity contribution < 1.29 is 235 Å². The van der Waals surface area contributed by atoms with Gasteiger partial charge in [-0.25, -0.2) is 0 Å². The number of carbonyl (C=O) groups is 6. The van der Waals surface area contributed by atoms with E-state index in [1.807, 2.05) is 13.8 Å². The van der Waals surface area contributed by atoms with Gasteiger partial charge < -0.3 is 106 Å². The third-order valence-corrected chi connectivity index (χ3v) is 6.58. The van der Waals surface area contributed by atoms with Gasteiger partial charge >= 0.3 is 18.6 Å². The molecule has 0 bridgehead atoms. The summed E-state index contributed by atoms with van der Waals surface area (Å²) in [6.45, 7) is 25.3. The average molecular weight is 1360 g/mol. The second kappa shape index (κ2) is 72.7. The zero-order valence-electron chi connectivity index (χ0n) is 44.9. The number of carbonyl (C=O) groups excluding carboxylic acids is 6. The van der Waals surface area contributed by atoms with E-state index in [-0.39, 0.29) is 325 Å². The van der Waals surface area contributed by atoms with Crippen molar-refractivity contribution >= 4 is 81.8 Å². The molecule has 2 aliphatic heterocycles. The molecule has 2 fully saturated rings. The molecular weight excluding hydrogens is 1270 g/mol. The maximum absolute atomic E-state index is 11.3. The molecule has 2 saturated heterocycles. The van der Waals surface area contributed by atoms with Crippen molar-refractivity contribution in [3.8, 4) is 0 Å². The van der Waals surface area contributed by atoms with Crippen LogP contribution in [-0.4, -0.2) is 157 Å². The molecule has 18 radical (unpaired) electrons. The van der Waals surface area contributed by atoms with E-state index in [4.69, 9.17) is 85.0 Å². The third kappa shape index (κ3) is 69.7. The van der Waals surface area contributed by atoms with E-state index < -0.39 is 23.1 Å². The number of hydrogen-bond acceptors (Lipinski definition) is 14. The van der Waals surface area contributed by atoms with Crippen LogP contribution in [0.15, 0.2) is 0 Å². The Bertz CT molecular complexity index is 1160. The molecular formula is C44H80B6O14V2Y4-8. The van der Waals surface area contributed by atoms with E-state index >= 15 is 0 Å². The van der Waals surface area contributed by atoms with Gasteiger partial charge in [-0.1, -0.05) is 26.5 Å². The molecule has 2 rings (SSSR count). The second-order valence-corrected chi connectivity index (χ2v) is 12.5. The van der Waals surface area contributed by atoms with Crippen molar-refractivity contribution in [1.82, 2.24) is 0 Å². The SMILES string of the molecule is [B]CC.[B]CC.[B]COC(CC(C)=O)(CC(=O)C[CH2-])OC[B].[B]COC([CH2-])(CC(C)=O)OC[B].[CH2-]C1(CC(C)=O)OCCO1.[CH2-]CC(=O)CC1(CC(C)=O)OCCO1.[CH3-].[CH3-].[CH3-].[CH3-].[CH3-].[CH3-].[V+2].[V].[Y].[Y].[Y].[Y]. The first kappa shape index (κ1) is 117. The average Bonchev–Trinajstić information content (AvgIpc) is 3.73. The van der Waals surface area contributed by atoms with E-state index in [2.05, 4.69) is 27.7 Å². The number of Topliss-reactive ketones (excluding diaryl/α,β-unsaturated/α-hetero) is 6. The monoisotopic (exact) mass is 1360 g/mol. The van der Waals surface area contributed by atoms with Crippen LogP contribution in [0, 0.1) is 72.3 Å². The molecule has 0 amide bonds. The molecule has 14 nitrogen and oxygen atoms in total. The van der Waals surface area contributed by atoms with Crippen molar-refractivity contribution in [1.29, 1.82) is 0 Å². The zero-order chi connectivity index (χ0) is 45.8. The van der Waals surface area contributed by atoms with E-state index in [0.29, 0.717) is 26.4 Å². The summed E-state index contributed by atoms with van der Waals surface area (Å²) in [4.78, 5) is 66.0. The van der Waals surface area contributed by atoms with Gasteiger partial charge in [0.25, 0.3) is 0 Å². The summed E-state index contributed by atoms with van der Waals surface area (Å²) in [5.41, 5.74) is 0. The molecule has 0 aromatic rings. The van der Waals surface area contributed by atoms with Crippen LogP contribution in [0.25, 0.3) is 0 Å². The van der Waals surface area contributed by atoms with E-state index in [1.165, 1.54) is 27.7 Å². The van der Waals surface area contributed by atoms with Gasteiger partial charge in [0, 0.05) is 194 Å². The molecule has 2 aliphatic rings. The van der Waals surface area contributed by atoms with Gasteiger partial charge in [0.1, 0.15) is 66.1 Å². The van der Waals surface area contributed by atoms with Gasteiger partial charge in [-0.05, 0) is 27.7 Å². The molecule has 70 heavy (non-hydrogen) atoms. The Kier molecular flexibility index (Phi) is 121. The minimum Gasteiger partial charge on any atom is -0.390 e. The largest absolute Gasteiger partial charge is 2.00 e. The molecule has 388 valence electrons. The Hall–Kier alpha value is 3.67. The third-order valence-electron chi connectivity index (χ3n) is 6.58. The Balaban J connectivity index is -0.0000000364. The van der Waals surface area contributed by atoms with E-state index in [1.54, 1.807) is 0 Å². The topological polar surface area (TPSA) is 176 Å². The Morgan fingerprint density at radius 3 is 1.07 bits per heavy atom. The summed E-state index contributed by atoms with van der Waals surface area (Å²) in [5.74, 6) is -4.94. The molecule has 0 saturated carbocycles. The second-order valence-electron chi connectivity index (χ2n) is 12.5. The number of ether oxygens (including phenoxy) is 8. The van der Waals surface area contributed by atoms with Crippen molar-refractivity contribution in [2.75, 3.05) is 52.5 Å². The first-order valence-electron chi connectivity index (χ1n) is 18.7. The van der Waals surface area contributed by atoms with Gasteiger partial charge in [-0.2, -0.15) is 0 Å². The Morgan fingerprint density at radius 2 is 0.814 bits per heavy atom. The fourth-order valence-corrected chi connectivity index (χ4v) is 4.72. The predicted octanol–water partition coefficient (Wildman–Crippen LogP) is 5.22. The van der Waals surface area contributed by atoms with Gasteiger partial charge in [-0.3, -0.25) is 33.0 Å². The summed E-state index contributed by atoms with van der Waals surface area (Å²) in [5, 5.41) is 0. The molecule has 0 aromatic carbocycles. The van der Waals surface area contributed by atoms with E-state index in [9.17, 15) is 28.8 Å². The predicted molar refractivity (Wildman–Crippen MR) is 264 cm³/mol. The molecule has 0 atom stereocenters. The minimum atomic E-state index is -1.34. The van der Waals surface area contributed by atoms with Gasteiger partial charge in [0.05, 0.1) is 73.6 Å². The molecule has 2 heterocycles. The number of hydrogen-bond donors (Lipinski definition) is 0. The molecule has 0 unspecified atom stereocenters. The van der Waals surface area contributed by atoms with Crippen molar-refractivity contribution in [3.05, 3.63) is 72.3 Å². The molecule has 26 heteroatoms. The van der Waals surface area contributed by atoms with Crippen LogP contribution in [0.5, 0.6) is 0 Å². The quantitative estimate of drug-likeness (QED) is 0.0784. The van der Waals surface area contributed by atoms with Crippen LogP contribution in [0.3, 0.4) is 0 Å². The number of rotatable bonds is 22. The molecule has 0 spiro atoms. The van der Waals surface area contributed by atoms with Crippen LogP contribution in [0.2, 0.25) is 12.6 Å². The fourth-order valence-electron chi connectivity index (χ4n) is 4.72. The van der Waals surface area contributed by atoms with Gasteiger partial charge in [-0.15, -0.1) is 12.8 Å². The summed E-state index contributed by atoms with van der Waals surface area (Å²) in [7, 11) is 30.5. The van der Waals surface area contributed by atoms with Crippen molar-refractivity contribution in [3.63, 3.8) is 0 Å². The summed E-state index contributed by atoms with van der Waals surface area (Å²) >= 11 is 0. The van der Waals surface area contributed by atoms with Crippen molar-refractivity contribution in [2.45, 2.75) is 129 Å². The summed E-state index contributed by atoms with van der Waals surface area (Å²) in [6, 6.07) is 0. The smallest absolute Gasteiger partial charge is 0.390 e. The normalized spacial score (nSPS) is 12.3. The maximum Gasteiger partial charge on any atom is 2.00 e. The van der Waals surface area contributed by atoms with Crippen LogP contribution in [0.4, 0.5) is 0 Å². The number of ketones is 6. The molecule has 0 aliphatic carbocycles. The van der Waals surface area contributed by atoms with Crippen LogP contribution in [0.1, 0.15) is 92.9 Å². The zero-order valence-corrected chi connectivity index (χ0v) is 59.1. The Labute approximate surface area is 562 Å². The first-order chi connectivity index (χ1) is 27.1. The Morgan fingerprint density at radius 1 is 0.514 bits per heavy atom. The fraction of sp³-hybridized carbons (Fsp3) is 0.636. The molecule has 0 N–H and O–H groups in total. The molecule has 0 aromatic heterocycles. The summed E-state index contributed by atoms with van der Waals surface area (Å²) < 4.78 is 41.0. The van der Waals surface area contributed by atoms with E-state index in [0.717, 1.165) is 12.6 Å². The van der Waals surface area contributed by atoms with Crippen LogP contribution >= 0.6 is 0 Å². The standard InChI is InChI=1S/C10H15B2O4.C10H15O4.C7H11B2O3.C7H11O3.2C2H5B.6CH3.2V.4Y/c1-3-9(14)5-10(15-6-11,16-7-12)4-8(2)13;1-3-9(12)7-10(6-8(2)11)13-4-5-14-10;1-6(10)3-7(2,11-4-8)12-5-9;1-6(8)5-7(2)9-3-4-10-7;2*1-2-3;;;;;;;;;;;;/h1,3-7H2,2H3;1,3-7H2,2H3;2-5H2,1H3;2-5H2,1H3;2*2H2,1H3;6*1H3;;;;;;/q4*-1;;;6*-1;;+2;;;;. The van der Waals surface area contributed by atoms with Crippen molar-refractivity contribution in [2.24, 2.45) is 0 Å². The van der Waals surface area contributed by atoms with Gasteiger partial charge in [0.2, 0.25) is 0 Å².